The predicted molar refractivity (Wildman–Crippen MR) is 61.7 cm³/mol. The molecule has 4 nitrogen and oxygen atoms in total. The second-order valence-corrected chi connectivity index (χ2v) is 6.65. The lowest BCUT2D eigenvalue weighted by atomic mass is 10.2. The fourth-order valence-corrected chi connectivity index (χ4v) is 3.79. The number of carbonyl (C=O) groups is 1. The number of hydrogen-bond acceptors (Lipinski definition) is 3. The van der Waals surface area contributed by atoms with Gasteiger partial charge in [0, 0.05) is 12.5 Å². The summed E-state index contributed by atoms with van der Waals surface area (Å²) in [5.74, 6) is 0.00789. The Morgan fingerprint density at radius 2 is 1.88 bits per heavy atom. The van der Waals surface area contributed by atoms with E-state index >= 15 is 0 Å². The van der Waals surface area contributed by atoms with Crippen LogP contribution in [0, 0.1) is 18.8 Å². The van der Waals surface area contributed by atoms with Crippen molar-refractivity contribution in [2.75, 3.05) is 6.54 Å². The molecule has 1 heterocycles. The number of fused-ring (bicyclic) bond motifs is 1. The van der Waals surface area contributed by atoms with Crippen molar-refractivity contribution < 1.29 is 13.2 Å². The van der Waals surface area contributed by atoms with Gasteiger partial charge in [0.2, 0.25) is 5.91 Å². The molecule has 1 aromatic rings. The molecule has 5 heteroatoms. The fraction of sp³-hybridized carbons (Fsp3) is 0.417. The number of hydrogen-bond donors (Lipinski definition) is 0. The van der Waals surface area contributed by atoms with Crippen molar-refractivity contribution in [2.24, 2.45) is 11.8 Å². The molecule has 1 amide bonds. The van der Waals surface area contributed by atoms with E-state index in [1.54, 1.807) is 24.3 Å². The maximum Gasteiger partial charge on any atom is 0.266 e. The Hall–Kier alpha value is -1.36. The summed E-state index contributed by atoms with van der Waals surface area (Å²) < 4.78 is 25.5. The van der Waals surface area contributed by atoms with Crippen molar-refractivity contribution in [1.29, 1.82) is 0 Å². The normalized spacial score (nSPS) is 27.1. The summed E-state index contributed by atoms with van der Waals surface area (Å²) in [5, 5.41) is 0. The number of rotatable bonds is 2. The Morgan fingerprint density at radius 1 is 1.24 bits per heavy atom. The van der Waals surface area contributed by atoms with E-state index in [0.717, 1.165) is 16.3 Å². The van der Waals surface area contributed by atoms with Crippen LogP contribution in [-0.4, -0.2) is 25.2 Å². The molecule has 17 heavy (non-hydrogen) atoms. The van der Waals surface area contributed by atoms with Gasteiger partial charge in [-0.1, -0.05) is 17.7 Å². The molecule has 0 unspecified atom stereocenters. The molecular formula is C12H13NO3S. The Morgan fingerprint density at radius 3 is 2.41 bits per heavy atom. The van der Waals surface area contributed by atoms with E-state index in [1.165, 1.54) is 0 Å². The van der Waals surface area contributed by atoms with Crippen LogP contribution < -0.4 is 0 Å². The first-order chi connectivity index (χ1) is 8.00. The van der Waals surface area contributed by atoms with Crippen LogP contribution in [0.4, 0.5) is 0 Å². The maximum absolute atomic E-state index is 12.2. The van der Waals surface area contributed by atoms with Crippen molar-refractivity contribution >= 4 is 15.9 Å². The molecule has 0 aromatic heterocycles. The number of carbonyl (C=O) groups excluding carboxylic acids is 1. The standard InChI is InChI=1S/C12H13NO3S/c1-8-2-4-10(5-3-8)17(15,16)13-7-9-6-11(9)12(13)14/h2-5,9,11H,6-7H2,1H3/t9-,11-/m1/s1. The fourth-order valence-electron chi connectivity index (χ4n) is 2.29. The molecule has 90 valence electrons. The molecule has 2 aliphatic rings. The van der Waals surface area contributed by atoms with Crippen LogP contribution in [0.5, 0.6) is 0 Å². The molecule has 2 fully saturated rings. The van der Waals surface area contributed by atoms with Crippen molar-refractivity contribution in [3.8, 4) is 0 Å². The summed E-state index contributed by atoms with van der Waals surface area (Å²) in [4.78, 5) is 12.0. The van der Waals surface area contributed by atoms with Gasteiger partial charge >= 0.3 is 0 Å². The summed E-state index contributed by atoms with van der Waals surface area (Å²) in [6.07, 6.45) is 0.860. The molecule has 2 atom stereocenters. The van der Waals surface area contributed by atoms with E-state index in [0.29, 0.717) is 6.54 Å². The third kappa shape index (κ3) is 1.57. The van der Waals surface area contributed by atoms with Gasteiger partial charge in [0.05, 0.1) is 4.90 Å². The Labute approximate surface area is 100 Å². The smallest absolute Gasteiger partial charge is 0.266 e. The zero-order valence-electron chi connectivity index (χ0n) is 9.46. The molecular weight excluding hydrogens is 238 g/mol. The van der Waals surface area contributed by atoms with E-state index in [-0.39, 0.29) is 22.6 Å². The Kier molecular flexibility index (Phi) is 2.10. The quantitative estimate of drug-likeness (QED) is 0.792. The monoisotopic (exact) mass is 251 g/mol. The Balaban J connectivity index is 1.96. The van der Waals surface area contributed by atoms with Crippen LogP contribution in [0.25, 0.3) is 0 Å². The molecule has 1 saturated heterocycles. The third-order valence-electron chi connectivity index (χ3n) is 3.49. The predicted octanol–water partition coefficient (Wildman–Crippen LogP) is 1.16. The molecule has 0 spiro atoms. The summed E-state index contributed by atoms with van der Waals surface area (Å²) in [7, 11) is -3.62. The van der Waals surface area contributed by atoms with Gasteiger partial charge in [-0.2, -0.15) is 0 Å². The topological polar surface area (TPSA) is 54.5 Å². The average Bonchev–Trinajstić information content (AvgIpc) is 2.98. The first-order valence-electron chi connectivity index (χ1n) is 5.63. The number of amides is 1. The van der Waals surface area contributed by atoms with Gasteiger partial charge in [-0.25, -0.2) is 12.7 Å². The molecule has 0 N–H and O–H groups in total. The third-order valence-corrected chi connectivity index (χ3v) is 5.27. The average molecular weight is 251 g/mol. The minimum atomic E-state index is -3.62. The number of aryl methyl sites for hydroxylation is 1. The van der Waals surface area contributed by atoms with Crippen molar-refractivity contribution in [1.82, 2.24) is 4.31 Å². The number of nitrogens with zero attached hydrogens (tertiary/aromatic N) is 1. The lowest BCUT2D eigenvalue weighted by molar-refractivity contribution is -0.125. The zero-order chi connectivity index (χ0) is 12.2. The van der Waals surface area contributed by atoms with Gasteiger partial charge in [-0.15, -0.1) is 0 Å². The van der Waals surface area contributed by atoms with Gasteiger partial charge in [0.15, 0.2) is 0 Å². The van der Waals surface area contributed by atoms with Crippen molar-refractivity contribution in [2.45, 2.75) is 18.2 Å². The number of sulfonamides is 1. The van der Waals surface area contributed by atoms with Gasteiger partial charge in [-0.3, -0.25) is 4.79 Å². The molecule has 1 aliphatic heterocycles. The minimum Gasteiger partial charge on any atom is -0.273 e. The number of piperidine rings is 1. The van der Waals surface area contributed by atoms with Crippen molar-refractivity contribution in [3.63, 3.8) is 0 Å². The van der Waals surface area contributed by atoms with E-state index in [1.807, 2.05) is 6.92 Å². The highest BCUT2D eigenvalue weighted by Gasteiger charge is 2.55. The maximum atomic E-state index is 12.2. The first kappa shape index (κ1) is 10.8. The lowest BCUT2D eigenvalue weighted by Crippen LogP contribution is -2.34. The number of benzene rings is 1. The van der Waals surface area contributed by atoms with Crippen LogP contribution in [0.15, 0.2) is 29.2 Å². The van der Waals surface area contributed by atoms with Gasteiger partial charge in [-0.05, 0) is 31.4 Å². The molecule has 0 bridgehead atoms. The second kappa shape index (κ2) is 3.32. The molecule has 3 rings (SSSR count). The van der Waals surface area contributed by atoms with Gasteiger partial charge in [0.1, 0.15) is 0 Å². The second-order valence-electron chi connectivity index (χ2n) is 4.79. The van der Waals surface area contributed by atoms with E-state index in [2.05, 4.69) is 0 Å². The Bertz CT molecular complexity index is 576. The highest BCUT2D eigenvalue weighted by molar-refractivity contribution is 7.89. The van der Waals surface area contributed by atoms with E-state index in [4.69, 9.17) is 0 Å². The summed E-state index contributed by atoms with van der Waals surface area (Å²) in [6.45, 7) is 2.26. The summed E-state index contributed by atoms with van der Waals surface area (Å²) in [5.41, 5.74) is 1.000. The van der Waals surface area contributed by atoms with Crippen LogP contribution in [0.1, 0.15) is 12.0 Å². The van der Waals surface area contributed by atoms with Crippen molar-refractivity contribution in [3.05, 3.63) is 29.8 Å². The van der Waals surface area contributed by atoms with Gasteiger partial charge < -0.3 is 0 Å². The lowest BCUT2D eigenvalue weighted by Gasteiger charge is -2.18. The van der Waals surface area contributed by atoms with E-state index in [9.17, 15) is 13.2 Å². The molecule has 1 aliphatic carbocycles. The van der Waals surface area contributed by atoms with Gasteiger partial charge in [0.25, 0.3) is 10.0 Å². The molecule has 1 saturated carbocycles. The minimum absolute atomic E-state index is 0.0322. The van der Waals surface area contributed by atoms with Crippen LogP contribution in [0.2, 0.25) is 0 Å². The molecule has 0 radical (unpaired) electrons. The zero-order valence-corrected chi connectivity index (χ0v) is 10.3. The highest BCUT2D eigenvalue weighted by atomic mass is 32.2. The van der Waals surface area contributed by atoms with Crippen LogP contribution in [0.3, 0.4) is 0 Å². The van der Waals surface area contributed by atoms with Crippen LogP contribution >= 0.6 is 0 Å². The first-order valence-corrected chi connectivity index (χ1v) is 7.07. The van der Waals surface area contributed by atoms with Crippen LogP contribution in [-0.2, 0) is 14.8 Å². The highest BCUT2D eigenvalue weighted by Crippen LogP contribution is 2.47. The van der Waals surface area contributed by atoms with E-state index < -0.39 is 10.0 Å². The summed E-state index contributed by atoms with van der Waals surface area (Å²) >= 11 is 0. The SMILES string of the molecule is Cc1ccc(S(=O)(=O)N2C[C@H]3C[C@H]3C2=O)cc1. The summed E-state index contributed by atoms with van der Waals surface area (Å²) in [6, 6.07) is 6.60. The largest absolute Gasteiger partial charge is 0.273 e. The molecule has 1 aromatic carbocycles.